The Labute approximate surface area is 106 Å². The molecule has 1 heterocycles. The van der Waals surface area contributed by atoms with Gasteiger partial charge in [0.15, 0.2) is 0 Å². The lowest BCUT2D eigenvalue weighted by Gasteiger charge is -2.30. The third-order valence-corrected chi connectivity index (χ3v) is 3.51. The number of hydrogen-bond donors (Lipinski definition) is 2. The van der Waals surface area contributed by atoms with Gasteiger partial charge in [-0.25, -0.2) is 0 Å². The molecule has 2 atom stereocenters. The average Bonchev–Trinajstić information content (AvgIpc) is 2.33. The Balaban J connectivity index is 2.49. The summed E-state index contributed by atoms with van der Waals surface area (Å²) in [6.45, 7) is 14.3. The second-order valence-electron chi connectivity index (χ2n) is 6.90. The molecule has 0 spiro atoms. The van der Waals surface area contributed by atoms with Gasteiger partial charge in [0.05, 0.1) is 17.3 Å². The van der Waals surface area contributed by atoms with E-state index < -0.39 is 0 Å². The maximum atomic E-state index is 10.3. The zero-order chi connectivity index (χ0) is 13.3. The highest BCUT2D eigenvalue weighted by Crippen LogP contribution is 2.43. The molecule has 0 radical (unpaired) electrons. The van der Waals surface area contributed by atoms with Crippen molar-refractivity contribution in [1.82, 2.24) is 5.32 Å². The predicted octanol–water partition coefficient (Wildman–Crippen LogP) is 2.19. The third-order valence-electron chi connectivity index (χ3n) is 3.51. The highest BCUT2D eigenvalue weighted by molar-refractivity contribution is 4.97. The lowest BCUT2D eigenvalue weighted by Crippen LogP contribution is -2.42. The summed E-state index contributed by atoms with van der Waals surface area (Å²) in [5.74, 6) is 0.823. The molecule has 0 amide bonds. The molecular weight excluding hydrogens is 214 g/mol. The molecule has 17 heavy (non-hydrogen) atoms. The Morgan fingerprint density at radius 3 is 2.24 bits per heavy atom. The molecule has 2 unspecified atom stereocenters. The van der Waals surface area contributed by atoms with Crippen LogP contribution in [0.3, 0.4) is 0 Å². The van der Waals surface area contributed by atoms with Crippen LogP contribution in [-0.4, -0.2) is 35.5 Å². The van der Waals surface area contributed by atoms with Gasteiger partial charge in [-0.05, 0) is 46.6 Å². The standard InChI is InChI=1S/C14H29NO2/c1-10(2)8-15-9-12(16)11-7-13(3,4)17-14(11,5)6/h10-12,15-16H,7-9H2,1-6H3. The zero-order valence-corrected chi connectivity index (χ0v) is 12.2. The quantitative estimate of drug-likeness (QED) is 0.777. The van der Waals surface area contributed by atoms with Crippen LogP contribution in [0, 0.1) is 11.8 Å². The molecule has 0 aliphatic carbocycles. The number of nitrogens with one attached hydrogen (secondary N) is 1. The molecule has 1 saturated heterocycles. The molecule has 0 saturated carbocycles. The number of aliphatic hydroxyl groups is 1. The molecule has 1 fully saturated rings. The molecule has 2 N–H and O–H groups in total. The summed E-state index contributed by atoms with van der Waals surface area (Å²) in [5, 5.41) is 13.6. The number of hydrogen-bond acceptors (Lipinski definition) is 3. The Morgan fingerprint density at radius 2 is 1.82 bits per heavy atom. The van der Waals surface area contributed by atoms with E-state index >= 15 is 0 Å². The van der Waals surface area contributed by atoms with Crippen molar-refractivity contribution in [3.8, 4) is 0 Å². The first-order valence-electron chi connectivity index (χ1n) is 6.73. The van der Waals surface area contributed by atoms with Crippen molar-refractivity contribution in [2.24, 2.45) is 11.8 Å². The molecule has 1 aliphatic rings. The van der Waals surface area contributed by atoms with Crippen molar-refractivity contribution in [2.75, 3.05) is 13.1 Å². The molecule has 1 rings (SSSR count). The minimum atomic E-state index is -0.328. The molecule has 1 aliphatic heterocycles. The van der Waals surface area contributed by atoms with E-state index in [1.807, 2.05) is 0 Å². The SMILES string of the molecule is CC(C)CNCC(O)C1CC(C)(C)OC1(C)C. The van der Waals surface area contributed by atoms with E-state index in [0.717, 1.165) is 13.0 Å². The molecule has 3 heteroatoms. The van der Waals surface area contributed by atoms with Gasteiger partial charge < -0.3 is 15.2 Å². The summed E-state index contributed by atoms with van der Waals surface area (Å²) in [5.41, 5.74) is -0.352. The number of aliphatic hydroxyl groups excluding tert-OH is 1. The van der Waals surface area contributed by atoms with E-state index in [4.69, 9.17) is 4.74 Å². The van der Waals surface area contributed by atoms with Crippen molar-refractivity contribution >= 4 is 0 Å². The summed E-state index contributed by atoms with van der Waals surface area (Å²) in [6.07, 6.45) is 0.593. The summed E-state index contributed by atoms with van der Waals surface area (Å²) in [4.78, 5) is 0. The van der Waals surface area contributed by atoms with E-state index in [9.17, 15) is 5.11 Å². The predicted molar refractivity (Wildman–Crippen MR) is 71.1 cm³/mol. The summed E-state index contributed by atoms with van der Waals surface area (Å²) in [7, 11) is 0. The second-order valence-corrected chi connectivity index (χ2v) is 6.90. The largest absolute Gasteiger partial charge is 0.391 e. The maximum Gasteiger partial charge on any atom is 0.0721 e. The van der Waals surface area contributed by atoms with E-state index in [1.54, 1.807) is 0 Å². The second kappa shape index (κ2) is 5.25. The number of ether oxygens (including phenoxy) is 1. The number of rotatable bonds is 5. The molecule has 3 nitrogen and oxygen atoms in total. The normalized spacial score (nSPS) is 28.6. The van der Waals surface area contributed by atoms with Crippen molar-refractivity contribution in [3.05, 3.63) is 0 Å². The van der Waals surface area contributed by atoms with Gasteiger partial charge in [-0.15, -0.1) is 0 Å². The molecule has 0 aromatic rings. The minimum absolute atomic E-state index is 0.118. The molecule has 0 aromatic heterocycles. The van der Waals surface area contributed by atoms with Crippen LogP contribution < -0.4 is 5.32 Å². The van der Waals surface area contributed by atoms with E-state index in [0.29, 0.717) is 12.5 Å². The fourth-order valence-electron chi connectivity index (χ4n) is 2.87. The van der Waals surface area contributed by atoms with Crippen LogP contribution in [0.4, 0.5) is 0 Å². The third kappa shape index (κ3) is 4.23. The highest BCUT2D eigenvalue weighted by atomic mass is 16.5. The molecule has 102 valence electrons. The van der Waals surface area contributed by atoms with E-state index in [-0.39, 0.29) is 23.2 Å². The topological polar surface area (TPSA) is 41.5 Å². The van der Waals surface area contributed by atoms with Crippen molar-refractivity contribution in [1.29, 1.82) is 0 Å². The van der Waals surface area contributed by atoms with Gasteiger partial charge in [-0.3, -0.25) is 0 Å². The van der Waals surface area contributed by atoms with Gasteiger partial charge in [0.2, 0.25) is 0 Å². The first-order valence-corrected chi connectivity index (χ1v) is 6.73. The lowest BCUT2D eigenvalue weighted by atomic mass is 9.83. The van der Waals surface area contributed by atoms with Crippen molar-refractivity contribution < 1.29 is 9.84 Å². The van der Waals surface area contributed by atoms with Crippen LogP contribution in [0.2, 0.25) is 0 Å². The minimum Gasteiger partial charge on any atom is -0.391 e. The van der Waals surface area contributed by atoms with Gasteiger partial charge in [0.25, 0.3) is 0 Å². The molecular formula is C14H29NO2. The van der Waals surface area contributed by atoms with E-state index in [2.05, 4.69) is 46.9 Å². The molecule has 0 aromatic carbocycles. The lowest BCUT2D eigenvalue weighted by molar-refractivity contribution is -0.0871. The van der Waals surface area contributed by atoms with Crippen LogP contribution >= 0.6 is 0 Å². The smallest absolute Gasteiger partial charge is 0.0721 e. The van der Waals surface area contributed by atoms with Gasteiger partial charge in [-0.1, -0.05) is 13.8 Å². The first-order chi connectivity index (χ1) is 7.64. The Hall–Kier alpha value is -0.120. The monoisotopic (exact) mass is 243 g/mol. The van der Waals surface area contributed by atoms with Crippen LogP contribution in [0.5, 0.6) is 0 Å². The zero-order valence-electron chi connectivity index (χ0n) is 12.2. The van der Waals surface area contributed by atoms with Crippen LogP contribution in [0.25, 0.3) is 0 Å². The van der Waals surface area contributed by atoms with Gasteiger partial charge in [0, 0.05) is 12.5 Å². The average molecular weight is 243 g/mol. The molecule has 0 bridgehead atoms. The Morgan fingerprint density at radius 1 is 1.24 bits per heavy atom. The fraction of sp³-hybridized carbons (Fsp3) is 1.00. The fourth-order valence-corrected chi connectivity index (χ4v) is 2.87. The maximum absolute atomic E-state index is 10.3. The van der Waals surface area contributed by atoms with Crippen molar-refractivity contribution in [3.63, 3.8) is 0 Å². The summed E-state index contributed by atoms with van der Waals surface area (Å²) < 4.78 is 6.01. The van der Waals surface area contributed by atoms with Crippen molar-refractivity contribution in [2.45, 2.75) is 65.3 Å². The van der Waals surface area contributed by atoms with E-state index in [1.165, 1.54) is 0 Å². The van der Waals surface area contributed by atoms with Crippen LogP contribution in [-0.2, 0) is 4.74 Å². The van der Waals surface area contributed by atoms with Crippen LogP contribution in [0.15, 0.2) is 0 Å². The van der Waals surface area contributed by atoms with Gasteiger partial charge in [0.1, 0.15) is 0 Å². The summed E-state index contributed by atoms with van der Waals surface area (Å²) in [6, 6.07) is 0. The summed E-state index contributed by atoms with van der Waals surface area (Å²) >= 11 is 0. The Kier molecular flexibility index (Phi) is 4.61. The highest BCUT2D eigenvalue weighted by Gasteiger charge is 2.48. The Bertz CT molecular complexity index is 249. The van der Waals surface area contributed by atoms with Gasteiger partial charge >= 0.3 is 0 Å². The first kappa shape index (κ1) is 14.9. The van der Waals surface area contributed by atoms with Gasteiger partial charge in [-0.2, -0.15) is 0 Å². The van der Waals surface area contributed by atoms with Crippen LogP contribution in [0.1, 0.15) is 48.0 Å².